The number of carbonyl (C=O) groups is 1. The molecule has 3 N–H and O–H groups in total. The number of carbonyl (C=O) groups excluding carboxylic acids is 1. The first-order chi connectivity index (χ1) is 11.1. The van der Waals surface area contributed by atoms with Crippen LogP contribution < -0.4 is 5.32 Å². The van der Waals surface area contributed by atoms with Crippen LogP contribution in [0.15, 0.2) is 30.5 Å². The molecule has 1 amide bonds. The van der Waals surface area contributed by atoms with Crippen LogP contribution in [0.5, 0.6) is 0 Å². The molecule has 2 aromatic rings. The summed E-state index contributed by atoms with van der Waals surface area (Å²) >= 11 is 6.20. The minimum atomic E-state index is -0.238. The van der Waals surface area contributed by atoms with Crippen molar-refractivity contribution in [3.05, 3.63) is 41.0 Å². The van der Waals surface area contributed by atoms with Gasteiger partial charge < -0.3 is 10.4 Å². The second kappa shape index (κ2) is 7.15. The summed E-state index contributed by atoms with van der Waals surface area (Å²) in [5.41, 5.74) is 1.86. The third-order valence-corrected chi connectivity index (χ3v) is 4.66. The summed E-state index contributed by atoms with van der Waals surface area (Å²) < 4.78 is 0. The normalized spacial score (nSPS) is 21.1. The van der Waals surface area contributed by atoms with Crippen molar-refractivity contribution in [2.45, 2.75) is 31.8 Å². The van der Waals surface area contributed by atoms with E-state index in [1.807, 2.05) is 18.2 Å². The summed E-state index contributed by atoms with van der Waals surface area (Å²) in [6.07, 6.45) is 4.95. The summed E-state index contributed by atoms with van der Waals surface area (Å²) in [5.74, 6) is 0.159. The van der Waals surface area contributed by atoms with E-state index in [2.05, 4.69) is 15.5 Å². The van der Waals surface area contributed by atoms with Gasteiger partial charge >= 0.3 is 0 Å². The van der Waals surface area contributed by atoms with E-state index in [9.17, 15) is 9.90 Å². The lowest BCUT2D eigenvalue weighted by Gasteiger charge is -2.25. The van der Waals surface area contributed by atoms with E-state index < -0.39 is 0 Å². The highest BCUT2D eigenvalue weighted by atomic mass is 35.5. The van der Waals surface area contributed by atoms with E-state index in [-0.39, 0.29) is 12.0 Å². The van der Waals surface area contributed by atoms with E-state index in [0.717, 1.165) is 31.2 Å². The largest absolute Gasteiger partial charge is 0.393 e. The maximum atomic E-state index is 12.5. The van der Waals surface area contributed by atoms with Gasteiger partial charge in [0.2, 0.25) is 0 Å². The van der Waals surface area contributed by atoms with E-state index in [1.54, 1.807) is 6.07 Å². The van der Waals surface area contributed by atoms with Gasteiger partial charge in [-0.25, -0.2) is 0 Å². The van der Waals surface area contributed by atoms with Crippen LogP contribution in [-0.4, -0.2) is 33.9 Å². The summed E-state index contributed by atoms with van der Waals surface area (Å²) in [5, 5.41) is 20.1. The molecule has 1 aromatic heterocycles. The molecule has 122 valence electrons. The molecule has 5 nitrogen and oxygen atoms in total. The highest BCUT2D eigenvalue weighted by Crippen LogP contribution is 2.28. The summed E-state index contributed by atoms with van der Waals surface area (Å²) in [6.45, 7) is 0.572. The van der Waals surface area contributed by atoms with Gasteiger partial charge in [-0.15, -0.1) is 0 Å². The smallest absolute Gasteiger partial charge is 0.255 e. The molecule has 2 unspecified atom stereocenters. The van der Waals surface area contributed by atoms with Gasteiger partial charge in [0.05, 0.1) is 23.6 Å². The van der Waals surface area contributed by atoms with Gasteiger partial charge in [-0.05, 0) is 31.2 Å². The fourth-order valence-corrected chi connectivity index (χ4v) is 3.34. The predicted molar refractivity (Wildman–Crippen MR) is 89.3 cm³/mol. The Labute approximate surface area is 140 Å². The van der Waals surface area contributed by atoms with Crippen molar-refractivity contribution in [1.82, 2.24) is 15.5 Å². The van der Waals surface area contributed by atoms with E-state index in [0.29, 0.717) is 28.7 Å². The number of nitrogens with zero attached hydrogens (tertiary/aromatic N) is 1. The lowest BCUT2D eigenvalue weighted by molar-refractivity contribution is 0.0874. The fraction of sp³-hybridized carbons (Fsp3) is 0.412. The van der Waals surface area contributed by atoms with Gasteiger partial charge in [0.15, 0.2) is 0 Å². The van der Waals surface area contributed by atoms with Gasteiger partial charge in [-0.2, -0.15) is 5.10 Å². The zero-order valence-electron chi connectivity index (χ0n) is 12.8. The summed E-state index contributed by atoms with van der Waals surface area (Å²) in [4.78, 5) is 12.5. The van der Waals surface area contributed by atoms with Crippen molar-refractivity contribution >= 4 is 17.5 Å². The van der Waals surface area contributed by atoms with Crippen LogP contribution >= 0.6 is 11.6 Å². The van der Waals surface area contributed by atoms with Crippen LogP contribution in [0.2, 0.25) is 5.02 Å². The average Bonchev–Trinajstić information content (AvgIpc) is 3.02. The molecule has 1 heterocycles. The fourth-order valence-electron chi connectivity index (χ4n) is 3.11. The maximum absolute atomic E-state index is 12.5. The van der Waals surface area contributed by atoms with Crippen molar-refractivity contribution in [2.75, 3.05) is 6.54 Å². The van der Waals surface area contributed by atoms with E-state index in [4.69, 9.17) is 11.6 Å². The lowest BCUT2D eigenvalue weighted by Crippen LogP contribution is -2.33. The zero-order valence-corrected chi connectivity index (χ0v) is 13.5. The monoisotopic (exact) mass is 333 g/mol. The number of amides is 1. The second-order valence-electron chi connectivity index (χ2n) is 6.04. The molecule has 0 bridgehead atoms. The number of benzene rings is 1. The third-order valence-electron chi connectivity index (χ3n) is 4.33. The molecule has 0 radical (unpaired) electrons. The molecule has 6 heteroatoms. The van der Waals surface area contributed by atoms with Crippen LogP contribution in [0.25, 0.3) is 11.3 Å². The highest BCUT2D eigenvalue weighted by molar-refractivity contribution is 6.33. The standard InChI is InChI=1S/C17H20ClN3O2/c18-15-7-2-1-6-13(15)16-14(10-20-21-16)17(23)19-9-11-4-3-5-12(22)8-11/h1-2,6-7,10-12,22H,3-5,8-9H2,(H,19,23)(H,20,21). The molecular weight excluding hydrogens is 314 g/mol. The van der Waals surface area contributed by atoms with Crippen molar-refractivity contribution in [2.24, 2.45) is 5.92 Å². The number of aromatic nitrogens is 2. The van der Waals surface area contributed by atoms with Gasteiger partial charge in [-0.3, -0.25) is 9.89 Å². The SMILES string of the molecule is O=C(NCC1CCCC(O)C1)c1cn[nH]c1-c1ccccc1Cl. The molecule has 1 aliphatic carbocycles. The molecule has 0 saturated heterocycles. The molecule has 0 spiro atoms. The van der Waals surface area contributed by atoms with Crippen LogP contribution in [0.1, 0.15) is 36.0 Å². The molecular formula is C17H20ClN3O2. The number of aromatic amines is 1. The molecule has 3 rings (SSSR count). The van der Waals surface area contributed by atoms with Crippen molar-refractivity contribution in [3.63, 3.8) is 0 Å². The van der Waals surface area contributed by atoms with Crippen molar-refractivity contribution < 1.29 is 9.90 Å². The predicted octanol–water partition coefficient (Wildman–Crippen LogP) is 3.01. The Morgan fingerprint density at radius 3 is 3.00 bits per heavy atom. The van der Waals surface area contributed by atoms with Crippen LogP contribution in [-0.2, 0) is 0 Å². The molecule has 1 saturated carbocycles. The van der Waals surface area contributed by atoms with Gasteiger partial charge in [0.1, 0.15) is 0 Å². The third kappa shape index (κ3) is 3.74. The molecule has 0 aliphatic heterocycles. The Kier molecular flexibility index (Phi) is 4.98. The molecule has 23 heavy (non-hydrogen) atoms. The molecule has 1 aliphatic rings. The Hall–Kier alpha value is -1.85. The van der Waals surface area contributed by atoms with Gasteiger partial charge in [0, 0.05) is 17.1 Å². The van der Waals surface area contributed by atoms with Gasteiger partial charge in [-0.1, -0.05) is 36.2 Å². The second-order valence-corrected chi connectivity index (χ2v) is 6.44. The quantitative estimate of drug-likeness (QED) is 0.804. The lowest BCUT2D eigenvalue weighted by atomic mass is 9.87. The number of H-pyrrole nitrogens is 1. The Morgan fingerprint density at radius 2 is 2.22 bits per heavy atom. The minimum absolute atomic E-state index is 0.172. The average molecular weight is 334 g/mol. The number of rotatable bonds is 4. The first-order valence-corrected chi connectivity index (χ1v) is 8.27. The Bertz CT molecular complexity index is 686. The summed E-state index contributed by atoms with van der Waals surface area (Å²) in [7, 11) is 0. The molecule has 1 fully saturated rings. The Morgan fingerprint density at radius 1 is 1.39 bits per heavy atom. The van der Waals surface area contributed by atoms with Gasteiger partial charge in [0.25, 0.3) is 5.91 Å². The molecule has 1 aromatic carbocycles. The first kappa shape index (κ1) is 16.0. The maximum Gasteiger partial charge on any atom is 0.255 e. The number of hydrogen-bond donors (Lipinski definition) is 3. The van der Waals surface area contributed by atoms with Crippen molar-refractivity contribution in [1.29, 1.82) is 0 Å². The zero-order chi connectivity index (χ0) is 16.2. The van der Waals surface area contributed by atoms with Crippen molar-refractivity contribution in [3.8, 4) is 11.3 Å². The first-order valence-electron chi connectivity index (χ1n) is 7.89. The number of nitrogens with one attached hydrogen (secondary N) is 2. The Balaban J connectivity index is 1.69. The minimum Gasteiger partial charge on any atom is -0.393 e. The number of halogens is 1. The molecule has 2 atom stereocenters. The number of aliphatic hydroxyl groups excluding tert-OH is 1. The van der Waals surface area contributed by atoms with Crippen LogP contribution in [0.4, 0.5) is 0 Å². The van der Waals surface area contributed by atoms with E-state index in [1.165, 1.54) is 6.20 Å². The van der Waals surface area contributed by atoms with Crippen LogP contribution in [0, 0.1) is 5.92 Å². The highest BCUT2D eigenvalue weighted by Gasteiger charge is 2.22. The van der Waals surface area contributed by atoms with E-state index >= 15 is 0 Å². The topological polar surface area (TPSA) is 78.0 Å². The van der Waals surface area contributed by atoms with Crippen LogP contribution in [0.3, 0.4) is 0 Å². The number of hydrogen-bond acceptors (Lipinski definition) is 3. The summed E-state index contributed by atoms with van der Waals surface area (Å²) in [6, 6.07) is 7.34. The number of aliphatic hydroxyl groups is 1.